The highest BCUT2D eigenvalue weighted by Gasteiger charge is 2.26. The molecule has 0 unspecified atom stereocenters. The first-order valence-electron chi connectivity index (χ1n) is 7.85. The maximum atomic E-state index is 12.5. The van der Waals surface area contributed by atoms with E-state index in [9.17, 15) is 13.2 Å². The third-order valence-corrected chi connectivity index (χ3v) is 5.70. The van der Waals surface area contributed by atoms with Gasteiger partial charge >= 0.3 is 0 Å². The van der Waals surface area contributed by atoms with Crippen LogP contribution in [0.5, 0.6) is 5.75 Å². The number of amides is 1. The summed E-state index contributed by atoms with van der Waals surface area (Å²) < 4.78 is 30.9. The van der Waals surface area contributed by atoms with Crippen LogP contribution < -0.4 is 10.1 Å². The van der Waals surface area contributed by atoms with Gasteiger partial charge in [0.05, 0.1) is 14.2 Å². The third-order valence-electron chi connectivity index (χ3n) is 4.00. The predicted molar refractivity (Wildman–Crippen MR) is 97.3 cm³/mol. The molecule has 7 nitrogen and oxygen atoms in total. The molecule has 2 aromatic rings. The van der Waals surface area contributed by atoms with Gasteiger partial charge in [-0.25, -0.2) is 8.42 Å². The van der Waals surface area contributed by atoms with Crippen LogP contribution in [0, 0.1) is 6.92 Å². The van der Waals surface area contributed by atoms with Crippen LogP contribution in [0.1, 0.15) is 21.5 Å². The molecule has 2 rings (SSSR count). The molecule has 0 saturated heterocycles. The summed E-state index contributed by atoms with van der Waals surface area (Å²) in [6.45, 7) is 2.30. The summed E-state index contributed by atoms with van der Waals surface area (Å²) in [4.78, 5) is 17.1. The number of benzene rings is 2. The molecule has 0 radical (unpaired) electrons. The zero-order chi connectivity index (χ0) is 19.3. The summed E-state index contributed by atoms with van der Waals surface area (Å²) in [7, 11) is -0.0929. The van der Waals surface area contributed by atoms with E-state index in [-0.39, 0.29) is 22.1 Å². The summed E-state index contributed by atoms with van der Waals surface area (Å²) >= 11 is 0. The van der Waals surface area contributed by atoms with Gasteiger partial charge in [-0.05, 0) is 36.2 Å². The quantitative estimate of drug-likeness (QED) is 0.746. The average Bonchev–Trinajstić information content (AvgIpc) is 2.65. The van der Waals surface area contributed by atoms with Crippen LogP contribution in [-0.2, 0) is 21.4 Å². The second-order valence-corrected chi connectivity index (χ2v) is 7.48. The molecule has 0 aliphatic heterocycles. The molecule has 26 heavy (non-hydrogen) atoms. The van der Waals surface area contributed by atoms with Gasteiger partial charge in [-0.15, -0.1) is 0 Å². The first-order chi connectivity index (χ1) is 12.3. The van der Waals surface area contributed by atoms with Crippen LogP contribution >= 0.6 is 0 Å². The first-order valence-corrected chi connectivity index (χ1v) is 9.29. The van der Waals surface area contributed by atoms with E-state index in [1.807, 2.05) is 31.2 Å². The Bertz CT molecular complexity index is 896. The molecule has 2 aromatic carbocycles. The molecule has 0 saturated carbocycles. The van der Waals surface area contributed by atoms with Crippen LogP contribution in [0.3, 0.4) is 0 Å². The fourth-order valence-electron chi connectivity index (χ4n) is 2.34. The van der Waals surface area contributed by atoms with Crippen LogP contribution in [0.2, 0.25) is 0 Å². The largest absolute Gasteiger partial charge is 0.495 e. The Balaban J connectivity index is 2.29. The van der Waals surface area contributed by atoms with Crippen molar-refractivity contribution in [2.24, 2.45) is 0 Å². The second kappa shape index (κ2) is 8.31. The van der Waals surface area contributed by atoms with Crippen molar-refractivity contribution in [2.45, 2.75) is 18.4 Å². The lowest BCUT2D eigenvalue weighted by Crippen LogP contribution is -2.27. The van der Waals surface area contributed by atoms with Gasteiger partial charge in [-0.2, -0.15) is 0 Å². The van der Waals surface area contributed by atoms with Gasteiger partial charge in [-0.3, -0.25) is 9.63 Å². The van der Waals surface area contributed by atoms with Crippen molar-refractivity contribution in [3.05, 3.63) is 59.2 Å². The maximum absolute atomic E-state index is 12.5. The van der Waals surface area contributed by atoms with Gasteiger partial charge in [0.25, 0.3) is 15.9 Å². The van der Waals surface area contributed by atoms with Gasteiger partial charge in [0.2, 0.25) is 0 Å². The highest BCUT2D eigenvalue weighted by atomic mass is 32.2. The molecule has 1 amide bonds. The smallest absolute Gasteiger partial charge is 0.268 e. The van der Waals surface area contributed by atoms with Crippen molar-refractivity contribution in [1.82, 2.24) is 9.79 Å². The predicted octanol–water partition coefficient (Wildman–Crippen LogP) is 2.12. The van der Waals surface area contributed by atoms with Crippen molar-refractivity contribution < 1.29 is 22.8 Å². The third kappa shape index (κ3) is 4.21. The van der Waals surface area contributed by atoms with Gasteiger partial charge in [0, 0.05) is 19.2 Å². The van der Waals surface area contributed by atoms with E-state index >= 15 is 0 Å². The number of methoxy groups -OCH3 is 1. The Morgan fingerprint density at radius 1 is 1.15 bits per heavy atom. The number of nitrogens with zero attached hydrogens (tertiary/aromatic N) is 1. The zero-order valence-electron chi connectivity index (χ0n) is 15.1. The van der Waals surface area contributed by atoms with Crippen molar-refractivity contribution in [3.63, 3.8) is 0 Å². The summed E-state index contributed by atoms with van der Waals surface area (Å²) in [5, 5.41) is 2.80. The highest BCUT2D eigenvalue weighted by molar-refractivity contribution is 7.89. The second-order valence-electron chi connectivity index (χ2n) is 5.57. The van der Waals surface area contributed by atoms with Gasteiger partial charge in [0.15, 0.2) is 0 Å². The normalized spacial score (nSPS) is 11.4. The summed E-state index contributed by atoms with van der Waals surface area (Å²) in [6, 6.07) is 11.9. The van der Waals surface area contributed by atoms with E-state index in [4.69, 9.17) is 9.57 Å². The van der Waals surface area contributed by atoms with E-state index < -0.39 is 10.0 Å². The number of carbonyl (C=O) groups excluding carboxylic acids is 1. The number of rotatable bonds is 7. The van der Waals surface area contributed by atoms with E-state index in [0.717, 1.165) is 11.1 Å². The van der Waals surface area contributed by atoms with Gasteiger partial charge in [-0.1, -0.05) is 28.7 Å². The number of ether oxygens (including phenoxy) is 1. The van der Waals surface area contributed by atoms with Crippen molar-refractivity contribution in [1.29, 1.82) is 0 Å². The number of aryl methyl sites for hydroxylation is 1. The van der Waals surface area contributed by atoms with E-state index in [1.54, 1.807) is 0 Å². The number of carbonyl (C=O) groups is 1. The number of hydroxylamine groups is 1. The topological polar surface area (TPSA) is 84.9 Å². The Morgan fingerprint density at radius 2 is 1.85 bits per heavy atom. The van der Waals surface area contributed by atoms with Crippen LogP contribution in [0.4, 0.5) is 0 Å². The average molecular weight is 378 g/mol. The van der Waals surface area contributed by atoms with Crippen LogP contribution in [0.15, 0.2) is 47.4 Å². The summed E-state index contributed by atoms with van der Waals surface area (Å²) in [6.07, 6.45) is 0. The van der Waals surface area contributed by atoms with Crippen LogP contribution in [0.25, 0.3) is 0 Å². The van der Waals surface area contributed by atoms with Crippen LogP contribution in [-0.4, -0.2) is 40.1 Å². The van der Waals surface area contributed by atoms with E-state index in [2.05, 4.69) is 5.32 Å². The Kier molecular flexibility index (Phi) is 6.36. The number of nitrogens with one attached hydrogen (secondary N) is 1. The zero-order valence-corrected chi connectivity index (χ0v) is 16.0. The molecule has 0 aliphatic carbocycles. The lowest BCUT2D eigenvalue weighted by molar-refractivity contribution is -0.0259. The summed E-state index contributed by atoms with van der Waals surface area (Å²) in [5.41, 5.74) is 2.26. The van der Waals surface area contributed by atoms with Crippen molar-refractivity contribution >= 4 is 15.9 Å². The molecule has 0 aliphatic rings. The molecule has 1 N–H and O–H groups in total. The first kappa shape index (κ1) is 19.9. The standard InChI is InChI=1S/C18H22N2O5S/c1-13-7-5-6-8-15(13)12-19-18(21)14-9-10-16(24-3)17(11-14)26(22,23)20(2)25-4/h5-11H,12H2,1-4H3,(H,19,21). The summed E-state index contributed by atoms with van der Waals surface area (Å²) in [5.74, 6) is -0.253. The molecule has 0 atom stereocenters. The molecule has 0 fully saturated rings. The molecule has 140 valence electrons. The van der Waals surface area contributed by atoms with E-state index in [0.29, 0.717) is 11.0 Å². The van der Waals surface area contributed by atoms with Crippen molar-refractivity contribution in [2.75, 3.05) is 21.3 Å². The number of hydrogen-bond donors (Lipinski definition) is 1. The monoisotopic (exact) mass is 378 g/mol. The lowest BCUT2D eigenvalue weighted by Gasteiger charge is -2.17. The Morgan fingerprint density at radius 3 is 2.46 bits per heavy atom. The highest BCUT2D eigenvalue weighted by Crippen LogP contribution is 2.27. The fraction of sp³-hybridized carbons (Fsp3) is 0.278. The number of sulfonamides is 1. The Hall–Kier alpha value is -2.42. The molecule has 0 aromatic heterocycles. The molecule has 0 heterocycles. The molecule has 0 bridgehead atoms. The molecular formula is C18H22N2O5S. The van der Waals surface area contributed by atoms with Gasteiger partial charge < -0.3 is 10.1 Å². The number of hydrogen-bond acceptors (Lipinski definition) is 5. The fourth-order valence-corrected chi connectivity index (χ4v) is 3.50. The van der Waals surface area contributed by atoms with Gasteiger partial charge in [0.1, 0.15) is 10.6 Å². The molecule has 0 spiro atoms. The lowest BCUT2D eigenvalue weighted by atomic mass is 10.1. The molecule has 8 heteroatoms. The Labute approximate surface area is 153 Å². The maximum Gasteiger partial charge on any atom is 0.268 e. The minimum Gasteiger partial charge on any atom is -0.495 e. The minimum atomic E-state index is -3.96. The van der Waals surface area contributed by atoms with Crippen molar-refractivity contribution in [3.8, 4) is 5.75 Å². The SMILES string of the molecule is COc1ccc(C(=O)NCc2ccccc2C)cc1S(=O)(=O)N(C)OC. The van der Waals surface area contributed by atoms with E-state index in [1.165, 1.54) is 39.5 Å². The minimum absolute atomic E-state index is 0.129. The molecular weight excluding hydrogens is 356 g/mol.